The van der Waals surface area contributed by atoms with E-state index < -0.39 is 10.0 Å². The standard InChI is InChI=1S/C16H14Cl2N4O2S/c1-22-10-13(9-20-22)12-4-11(6-19-8-12)7-21-25(23,24)16-5-14(17)2-3-15(16)18/h2-6,8-10,21H,7H2,1H3. The van der Waals surface area contributed by atoms with Gasteiger partial charge in [0, 0.05) is 48.3 Å². The second-order valence-corrected chi connectivity index (χ2v) is 7.96. The van der Waals surface area contributed by atoms with Crippen molar-refractivity contribution in [1.82, 2.24) is 19.5 Å². The molecule has 9 heteroatoms. The summed E-state index contributed by atoms with van der Waals surface area (Å²) in [4.78, 5) is 4.10. The van der Waals surface area contributed by atoms with Gasteiger partial charge >= 0.3 is 0 Å². The topological polar surface area (TPSA) is 76.9 Å². The molecule has 0 spiro atoms. The van der Waals surface area contributed by atoms with Crippen LogP contribution in [0.15, 0.2) is 53.9 Å². The van der Waals surface area contributed by atoms with E-state index in [1.54, 1.807) is 23.3 Å². The molecule has 0 saturated heterocycles. The van der Waals surface area contributed by atoms with Crippen LogP contribution in [0.2, 0.25) is 10.0 Å². The van der Waals surface area contributed by atoms with Gasteiger partial charge in [-0.05, 0) is 29.8 Å². The van der Waals surface area contributed by atoms with E-state index in [1.807, 2.05) is 19.3 Å². The van der Waals surface area contributed by atoms with Crippen molar-refractivity contribution in [3.8, 4) is 11.1 Å². The van der Waals surface area contributed by atoms with Crippen molar-refractivity contribution in [2.45, 2.75) is 11.4 Å². The Kier molecular flexibility index (Phi) is 5.10. The maximum Gasteiger partial charge on any atom is 0.242 e. The summed E-state index contributed by atoms with van der Waals surface area (Å²) in [5, 5.41) is 4.52. The molecule has 0 amide bonds. The van der Waals surface area contributed by atoms with Crippen molar-refractivity contribution < 1.29 is 8.42 Å². The van der Waals surface area contributed by atoms with E-state index in [4.69, 9.17) is 23.2 Å². The summed E-state index contributed by atoms with van der Waals surface area (Å²) in [5.41, 5.74) is 2.46. The average Bonchev–Trinajstić information content (AvgIpc) is 3.02. The summed E-state index contributed by atoms with van der Waals surface area (Å²) >= 11 is 11.8. The minimum absolute atomic E-state index is 0.0574. The number of pyridine rings is 1. The van der Waals surface area contributed by atoms with Gasteiger partial charge in [-0.3, -0.25) is 9.67 Å². The van der Waals surface area contributed by atoms with Gasteiger partial charge in [-0.2, -0.15) is 5.10 Å². The molecule has 3 aromatic rings. The highest BCUT2D eigenvalue weighted by atomic mass is 35.5. The Bertz CT molecular complexity index is 1020. The molecule has 0 aliphatic carbocycles. The summed E-state index contributed by atoms with van der Waals surface area (Å²) in [5.74, 6) is 0. The molecule has 1 aromatic carbocycles. The first-order valence-electron chi connectivity index (χ1n) is 7.23. The molecule has 0 aliphatic heterocycles. The lowest BCUT2D eigenvalue weighted by atomic mass is 10.1. The summed E-state index contributed by atoms with van der Waals surface area (Å²) in [7, 11) is -1.97. The highest BCUT2D eigenvalue weighted by Gasteiger charge is 2.18. The second-order valence-electron chi connectivity index (χ2n) is 5.38. The predicted octanol–water partition coefficient (Wildman–Crippen LogP) is 3.27. The van der Waals surface area contributed by atoms with Crippen molar-refractivity contribution in [2.24, 2.45) is 7.05 Å². The zero-order valence-corrected chi connectivity index (χ0v) is 15.5. The van der Waals surface area contributed by atoms with Crippen LogP contribution in [0.4, 0.5) is 0 Å². The molecule has 0 unspecified atom stereocenters. The molecule has 0 atom stereocenters. The van der Waals surface area contributed by atoms with Gasteiger partial charge in [0.2, 0.25) is 10.0 Å². The number of rotatable bonds is 5. The first-order chi connectivity index (χ1) is 11.8. The van der Waals surface area contributed by atoms with E-state index in [0.717, 1.165) is 11.1 Å². The normalized spacial score (nSPS) is 11.6. The fourth-order valence-electron chi connectivity index (χ4n) is 2.25. The van der Waals surface area contributed by atoms with Crippen LogP contribution >= 0.6 is 23.2 Å². The average molecular weight is 397 g/mol. The monoisotopic (exact) mass is 396 g/mol. The number of aromatic nitrogens is 3. The van der Waals surface area contributed by atoms with E-state index in [2.05, 4.69) is 14.8 Å². The van der Waals surface area contributed by atoms with E-state index in [0.29, 0.717) is 10.6 Å². The number of sulfonamides is 1. The van der Waals surface area contributed by atoms with Gasteiger partial charge in [-0.1, -0.05) is 23.2 Å². The van der Waals surface area contributed by atoms with Crippen molar-refractivity contribution >= 4 is 33.2 Å². The molecular formula is C16H14Cl2N4O2S. The van der Waals surface area contributed by atoms with Gasteiger partial charge in [0.15, 0.2) is 0 Å². The minimum atomic E-state index is -3.80. The molecule has 0 aliphatic rings. The maximum absolute atomic E-state index is 12.4. The predicted molar refractivity (Wildman–Crippen MR) is 96.9 cm³/mol. The number of hydrogen-bond donors (Lipinski definition) is 1. The van der Waals surface area contributed by atoms with Crippen LogP contribution in [-0.2, 0) is 23.6 Å². The first kappa shape index (κ1) is 17.9. The van der Waals surface area contributed by atoms with Crippen molar-refractivity contribution in [2.75, 3.05) is 0 Å². The number of nitrogens with zero attached hydrogens (tertiary/aromatic N) is 3. The van der Waals surface area contributed by atoms with Gasteiger partial charge in [-0.15, -0.1) is 0 Å². The van der Waals surface area contributed by atoms with Crippen LogP contribution in [0, 0.1) is 0 Å². The molecule has 3 rings (SSSR count). The Morgan fingerprint density at radius 2 is 1.92 bits per heavy atom. The molecule has 2 aromatic heterocycles. The molecular weight excluding hydrogens is 383 g/mol. The van der Waals surface area contributed by atoms with E-state index in [1.165, 1.54) is 18.2 Å². The SMILES string of the molecule is Cn1cc(-c2cncc(CNS(=O)(=O)c3cc(Cl)ccc3Cl)c2)cn1. The van der Waals surface area contributed by atoms with E-state index in [9.17, 15) is 8.42 Å². The molecule has 0 radical (unpaired) electrons. The molecule has 0 fully saturated rings. The lowest BCUT2D eigenvalue weighted by Crippen LogP contribution is -2.23. The van der Waals surface area contributed by atoms with Crippen LogP contribution in [0.5, 0.6) is 0 Å². The van der Waals surface area contributed by atoms with E-state index in [-0.39, 0.29) is 16.5 Å². The zero-order valence-electron chi connectivity index (χ0n) is 13.1. The van der Waals surface area contributed by atoms with E-state index >= 15 is 0 Å². The van der Waals surface area contributed by atoms with Crippen LogP contribution in [0.3, 0.4) is 0 Å². The highest BCUT2D eigenvalue weighted by Crippen LogP contribution is 2.25. The third-order valence-corrected chi connectivity index (χ3v) is 5.60. The Balaban J connectivity index is 1.80. The Morgan fingerprint density at radius 3 is 2.64 bits per heavy atom. The van der Waals surface area contributed by atoms with Gasteiger partial charge in [0.1, 0.15) is 4.90 Å². The third kappa shape index (κ3) is 4.19. The van der Waals surface area contributed by atoms with Crippen molar-refractivity contribution in [3.05, 3.63) is 64.7 Å². The molecule has 0 saturated carbocycles. The van der Waals surface area contributed by atoms with Crippen molar-refractivity contribution in [1.29, 1.82) is 0 Å². The molecule has 25 heavy (non-hydrogen) atoms. The maximum atomic E-state index is 12.4. The van der Waals surface area contributed by atoms with Crippen LogP contribution < -0.4 is 4.72 Å². The number of nitrogens with one attached hydrogen (secondary N) is 1. The quantitative estimate of drug-likeness (QED) is 0.717. The number of halogens is 2. The summed E-state index contributed by atoms with van der Waals surface area (Å²) < 4.78 is 29.1. The molecule has 2 heterocycles. The fraction of sp³-hybridized carbons (Fsp3) is 0.125. The Morgan fingerprint density at radius 1 is 1.12 bits per heavy atom. The summed E-state index contributed by atoms with van der Waals surface area (Å²) in [6.07, 6.45) is 6.87. The number of benzene rings is 1. The largest absolute Gasteiger partial charge is 0.275 e. The molecule has 130 valence electrons. The third-order valence-electron chi connectivity index (χ3n) is 3.48. The van der Waals surface area contributed by atoms with Gasteiger partial charge < -0.3 is 0 Å². The number of aryl methyl sites for hydroxylation is 1. The first-order valence-corrected chi connectivity index (χ1v) is 9.47. The van der Waals surface area contributed by atoms with Gasteiger partial charge in [0.05, 0.1) is 11.2 Å². The van der Waals surface area contributed by atoms with Crippen LogP contribution in [0.25, 0.3) is 11.1 Å². The smallest absolute Gasteiger partial charge is 0.242 e. The minimum Gasteiger partial charge on any atom is -0.275 e. The van der Waals surface area contributed by atoms with Gasteiger partial charge in [-0.25, -0.2) is 13.1 Å². The molecule has 6 nitrogen and oxygen atoms in total. The molecule has 1 N–H and O–H groups in total. The highest BCUT2D eigenvalue weighted by molar-refractivity contribution is 7.89. The van der Waals surface area contributed by atoms with Crippen LogP contribution in [-0.4, -0.2) is 23.2 Å². The van der Waals surface area contributed by atoms with Crippen molar-refractivity contribution in [3.63, 3.8) is 0 Å². The lowest BCUT2D eigenvalue weighted by molar-refractivity contribution is 0.581. The van der Waals surface area contributed by atoms with Crippen LogP contribution in [0.1, 0.15) is 5.56 Å². The molecule has 0 bridgehead atoms. The summed E-state index contributed by atoms with van der Waals surface area (Å²) in [6, 6.07) is 6.15. The second kappa shape index (κ2) is 7.13. The lowest BCUT2D eigenvalue weighted by Gasteiger charge is -2.09. The Labute approximate surface area is 155 Å². The summed E-state index contributed by atoms with van der Waals surface area (Å²) in [6.45, 7) is 0.0757. The van der Waals surface area contributed by atoms with Gasteiger partial charge in [0.25, 0.3) is 0 Å². The fourth-order valence-corrected chi connectivity index (χ4v) is 4.03. The Hall–Kier alpha value is -1.93. The number of hydrogen-bond acceptors (Lipinski definition) is 4. The zero-order chi connectivity index (χ0) is 18.0.